The van der Waals surface area contributed by atoms with Crippen LogP contribution in [0.5, 0.6) is 0 Å². The van der Waals surface area contributed by atoms with Gasteiger partial charge in [0.05, 0.1) is 13.2 Å². The summed E-state index contributed by atoms with van der Waals surface area (Å²) in [5.41, 5.74) is 4.49. The molecule has 0 spiro atoms. The van der Waals surface area contributed by atoms with Gasteiger partial charge in [-0.2, -0.15) is 0 Å². The molecule has 1 aromatic heterocycles. The highest BCUT2D eigenvalue weighted by atomic mass is 16.5. The maximum absolute atomic E-state index is 11.8. The third-order valence-electron chi connectivity index (χ3n) is 4.92. The van der Waals surface area contributed by atoms with Gasteiger partial charge in [0.1, 0.15) is 5.82 Å². The second-order valence-electron chi connectivity index (χ2n) is 6.99. The number of hydrogen-bond acceptors (Lipinski definition) is 6. The minimum Gasteiger partial charge on any atom is -0.378 e. The highest BCUT2D eigenvalue weighted by Gasteiger charge is 2.11. The minimum atomic E-state index is -0.115. The zero-order valence-corrected chi connectivity index (χ0v) is 16.9. The maximum atomic E-state index is 11.8. The molecule has 0 saturated carbocycles. The number of morpholine rings is 1. The van der Waals surface area contributed by atoms with E-state index in [4.69, 9.17) is 4.74 Å². The first-order valence-corrected chi connectivity index (χ1v) is 9.96. The van der Waals surface area contributed by atoms with Crippen molar-refractivity contribution in [1.29, 1.82) is 0 Å². The van der Waals surface area contributed by atoms with Crippen LogP contribution < -0.4 is 20.9 Å². The molecule has 1 amide bonds. The van der Waals surface area contributed by atoms with Crippen LogP contribution >= 0.6 is 0 Å². The highest BCUT2D eigenvalue weighted by molar-refractivity contribution is 5.95. The summed E-state index contributed by atoms with van der Waals surface area (Å²) in [5.74, 6) is 0.623. The Morgan fingerprint density at radius 3 is 2.47 bits per heavy atom. The van der Waals surface area contributed by atoms with Crippen LogP contribution in [0.25, 0.3) is 0 Å². The van der Waals surface area contributed by atoms with Gasteiger partial charge >= 0.3 is 0 Å². The van der Waals surface area contributed by atoms with E-state index in [9.17, 15) is 4.79 Å². The van der Waals surface area contributed by atoms with Crippen molar-refractivity contribution >= 4 is 34.5 Å². The summed E-state index contributed by atoms with van der Waals surface area (Å²) in [5, 5.41) is 9.30. The fourth-order valence-corrected chi connectivity index (χ4v) is 3.35. The lowest BCUT2D eigenvalue weighted by Crippen LogP contribution is -2.36. The molecular formula is C23H25N5O2. The van der Waals surface area contributed by atoms with Crippen LogP contribution in [-0.2, 0) is 4.74 Å². The number of benzene rings is 2. The van der Waals surface area contributed by atoms with E-state index in [0.29, 0.717) is 5.56 Å². The van der Waals surface area contributed by atoms with Gasteiger partial charge in [0.25, 0.3) is 5.91 Å². The molecule has 1 saturated heterocycles. The number of rotatable bonds is 6. The van der Waals surface area contributed by atoms with Gasteiger partial charge in [-0.1, -0.05) is 6.07 Å². The predicted octanol–water partition coefficient (Wildman–Crippen LogP) is 3.77. The average molecular weight is 403 g/mol. The van der Waals surface area contributed by atoms with E-state index in [0.717, 1.165) is 49.2 Å². The molecule has 1 aliphatic rings. The van der Waals surface area contributed by atoms with Crippen LogP contribution in [0, 0.1) is 0 Å². The lowest BCUT2D eigenvalue weighted by molar-refractivity contribution is 0.0963. The summed E-state index contributed by atoms with van der Waals surface area (Å²) in [6, 6.07) is 19.5. The van der Waals surface area contributed by atoms with E-state index < -0.39 is 0 Å². The number of amides is 1. The SMILES string of the molecule is CNC(=O)c1cccc(Nc2ccnc(Nc3ccc(N4CCOCC4)cc3)c2)c1. The molecule has 0 bridgehead atoms. The second kappa shape index (κ2) is 9.28. The van der Waals surface area contributed by atoms with E-state index in [2.05, 4.69) is 50.1 Å². The average Bonchev–Trinajstić information content (AvgIpc) is 2.80. The fourth-order valence-electron chi connectivity index (χ4n) is 3.35. The molecule has 3 aromatic rings. The number of aromatic nitrogens is 1. The molecule has 154 valence electrons. The van der Waals surface area contributed by atoms with Gasteiger partial charge in [0, 0.05) is 60.7 Å². The zero-order chi connectivity index (χ0) is 20.8. The van der Waals surface area contributed by atoms with Crippen LogP contribution in [0.2, 0.25) is 0 Å². The molecule has 0 atom stereocenters. The van der Waals surface area contributed by atoms with Gasteiger partial charge < -0.3 is 25.6 Å². The molecule has 7 nitrogen and oxygen atoms in total. The third-order valence-corrected chi connectivity index (χ3v) is 4.92. The van der Waals surface area contributed by atoms with Gasteiger partial charge in [0.2, 0.25) is 0 Å². The number of pyridine rings is 1. The monoisotopic (exact) mass is 403 g/mol. The number of ether oxygens (including phenoxy) is 1. The summed E-state index contributed by atoms with van der Waals surface area (Å²) in [6.45, 7) is 3.39. The first-order valence-electron chi connectivity index (χ1n) is 9.96. The van der Waals surface area contributed by atoms with Crippen molar-refractivity contribution in [3.05, 3.63) is 72.4 Å². The first kappa shape index (κ1) is 19.7. The van der Waals surface area contributed by atoms with E-state index in [1.165, 1.54) is 5.69 Å². The van der Waals surface area contributed by atoms with E-state index in [-0.39, 0.29) is 5.91 Å². The van der Waals surface area contributed by atoms with E-state index >= 15 is 0 Å². The van der Waals surface area contributed by atoms with Crippen LogP contribution in [0.1, 0.15) is 10.4 Å². The Morgan fingerprint density at radius 2 is 1.70 bits per heavy atom. The predicted molar refractivity (Wildman–Crippen MR) is 120 cm³/mol. The zero-order valence-electron chi connectivity index (χ0n) is 16.9. The van der Waals surface area contributed by atoms with Crippen molar-refractivity contribution < 1.29 is 9.53 Å². The van der Waals surface area contributed by atoms with Gasteiger partial charge in [-0.25, -0.2) is 4.98 Å². The minimum absolute atomic E-state index is 0.115. The van der Waals surface area contributed by atoms with Crippen LogP contribution in [0.3, 0.4) is 0 Å². The molecule has 30 heavy (non-hydrogen) atoms. The lowest BCUT2D eigenvalue weighted by Gasteiger charge is -2.28. The quantitative estimate of drug-likeness (QED) is 0.582. The molecule has 0 radical (unpaired) electrons. The summed E-state index contributed by atoms with van der Waals surface area (Å²) in [7, 11) is 1.62. The molecule has 2 heterocycles. The number of hydrogen-bond donors (Lipinski definition) is 3. The van der Waals surface area contributed by atoms with Crippen LogP contribution in [-0.4, -0.2) is 44.2 Å². The van der Waals surface area contributed by atoms with Gasteiger partial charge in [-0.15, -0.1) is 0 Å². The molecule has 2 aromatic carbocycles. The molecule has 3 N–H and O–H groups in total. The van der Waals surface area contributed by atoms with Crippen LogP contribution in [0.15, 0.2) is 66.9 Å². The standard InChI is InChI=1S/C23H25N5O2/c1-24-23(29)17-3-2-4-19(15-17)26-20-9-10-25-22(16-20)27-18-5-7-21(8-6-18)28-11-13-30-14-12-28/h2-10,15-16H,11-14H2,1H3,(H,24,29)(H2,25,26,27). The van der Waals surface area contributed by atoms with Crippen LogP contribution in [0.4, 0.5) is 28.6 Å². The van der Waals surface area contributed by atoms with Crippen molar-refractivity contribution in [3.8, 4) is 0 Å². The second-order valence-corrected chi connectivity index (χ2v) is 6.99. The normalized spacial score (nSPS) is 13.6. The molecule has 0 unspecified atom stereocenters. The molecule has 1 fully saturated rings. The fraction of sp³-hybridized carbons (Fsp3) is 0.217. The molecule has 0 aliphatic carbocycles. The topological polar surface area (TPSA) is 78.5 Å². The maximum Gasteiger partial charge on any atom is 0.251 e. The van der Waals surface area contributed by atoms with Crippen molar-refractivity contribution in [2.75, 3.05) is 48.9 Å². The number of nitrogens with one attached hydrogen (secondary N) is 3. The summed E-state index contributed by atoms with van der Waals surface area (Å²) >= 11 is 0. The third kappa shape index (κ3) is 4.87. The largest absolute Gasteiger partial charge is 0.378 e. The molecular weight excluding hydrogens is 378 g/mol. The Balaban J connectivity index is 1.43. The Hall–Kier alpha value is -3.58. The number of nitrogens with zero attached hydrogens (tertiary/aromatic N) is 2. The molecule has 1 aliphatic heterocycles. The molecule has 7 heteroatoms. The Labute approximate surface area is 176 Å². The summed E-state index contributed by atoms with van der Waals surface area (Å²) in [4.78, 5) is 18.6. The van der Waals surface area contributed by atoms with Crippen molar-refractivity contribution in [1.82, 2.24) is 10.3 Å². The van der Waals surface area contributed by atoms with Gasteiger partial charge in [-0.3, -0.25) is 4.79 Å². The van der Waals surface area contributed by atoms with E-state index in [1.54, 1.807) is 19.3 Å². The van der Waals surface area contributed by atoms with Gasteiger partial charge in [0.15, 0.2) is 0 Å². The van der Waals surface area contributed by atoms with E-state index in [1.807, 2.05) is 30.3 Å². The molecule has 4 rings (SSSR count). The Kier molecular flexibility index (Phi) is 6.10. The van der Waals surface area contributed by atoms with Crippen molar-refractivity contribution in [3.63, 3.8) is 0 Å². The van der Waals surface area contributed by atoms with Crippen molar-refractivity contribution in [2.24, 2.45) is 0 Å². The Bertz CT molecular complexity index is 1000. The smallest absolute Gasteiger partial charge is 0.251 e. The number of carbonyl (C=O) groups is 1. The lowest BCUT2D eigenvalue weighted by atomic mass is 10.2. The van der Waals surface area contributed by atoms with Gasteiger partial charge in [-0.05, 0) is 48.5 Å². The first-order chi connectivity index (χ1) is 14.7. The summed E-state index contributed by atoms with van der Waals surface area (Å²) in [6.07, 6.45) is 1.75. The Morgan fingerprint density at radius 1 is 0.933 bits per heavy atom. The number of carbonyl (C=O) groups excluding carboxylic acids is 1. The highest BCUT2D eigenvalue weighted by Crippen LogP contribution is 2.24. The van der Waals surface area contributed by atoms with Crippen molar-refractivity contribution in [2.45, 2.75) is 0 Å². The summed E-state index contributed by atoms with van der Waals surface area (Å²) < 4.78 is 5.41. The number of anilines is 5.